The number of ether oxygens (including phenoxy) is 1. The zero-order valence-electron chi connectivity index (χ0n) is 12.6. The first kappa shape index (κ1) is 17.1. The second-order valence-electron chi connectivity index (χ2n) is 5.69. The van der Waals surface area contributed by atoms with Crippen LogP contribution in [0.3, 0.4) is 0 Å². The van der Waals surface area contributed by atoms with Crippen LogP contribution in [0.2, 0.25) is 5.02 Å². The molecule has 2 rings (SSSR count). The van der Waals surface area contributed by atoms with Crippen LogP contribution in [-0.4, -0.2) is 45.2 Å². The highest BCUT2D eigenvalue weighted by Crippen LogP contribution is 2.36. The normalized spacial score (nSPS) is 18.7. The van der Waals surface area contributed by atoms with E-state index in [1.165, 1.54) is 0 Å². The highest BCUT2D eigenvalue weighted by Gasteiger charge is 2.46. The summed E-state index contributed by atoms with van der Waals surface area (Å²) in [7, 11) is 0. The van der Waals surface area contributed by atoms with Crippen LogP contribution in [0.4, 0.5) is 4.79 Å². The van der Waals surface area contributed by atoms with Gasteiger partial charge in [-0.1, -0.05) is 17.7 Å². The van der Waals surface area contributed by atoms with Gasteiger partial charge < -0.3 is 9.84 Å². The lowest BCUT2D eigenvalue weighted by Crippen LogP contribution is -2.41. The number of carbonyl (C=O) groups excluding carboxylic acids is 2. The number of thioether (sulfide) groups is 1. The second-order valence-corrected chi connectivity index (χ2v) is 7.67. The smallest absolute Gasteiger partial charge is 0.289 e. The van der Waals surface area contributed by atoms with E-state index in [4.69, 9.17) is 16.3 Å². The molecule has 1 aliphatic heterocycles. The molecule has 1 fully saturated rings. The van der Waals surface area contributed by atoms with Crippen LogP contribution in [0.5, 0.6) is 5.75 Å². The van der Waals surface area contributed by atoms with Gasteiger partial charge in [0.1, 0.15) is 18.5 Å². The summed E-state index contributed by atoms with van der Waals surface area (Å²) in [4.78, 5) is 24.9. The molecule has 1 aromatic rings. The van der Waals surface area contributed by atoms with Crippen LogP contribution in [0.15, 0.2) is 18.2 Å². The number of aliphatic hydroxyl groups is 1. The predicted octanol–water partition coefficient (Wildman–Crippen LogP) is 2.86. The minimum Gasteiger partial charge on any atom is -0.489 e. The van der Waals surface area contributed by atoms with Crippen molar-refractivity contribution in [2.75, 3.05) is 13.2 Å². The van der Waals surface area contributed by atoms with E-state index < -0.39 is 10.9 Å². The largest absolute Gasteiger partial charge is 0.489 e. The van der Waals surface area contributed by atoms with Crippen molar-refractivity contribution < 1.29 is 19.4 Å². The lowest BCUT2D eigenvalue weighted by atomic mass is 10.2. The SMILES string of the molecule is Cc1ccc(Cl)c(OC[C@H](O)CN2C(=O)SC(C)(C)C2=O)c1. The van der Waals surface area contributed by atoms with Gasteiger partial charge in [0, 0.05) is 0 Å². The van der Waals surface area contributed by atoms with Crippen LogP contribution < -0.4 is 4.74 Å². The lowest BCUT2D eigenvalue weighted by Gasteiger charge is -2.20. The van der Waals surface area contributed by atoms with Crippen LogP contribution in [0.25, 0.3) is 0 Å². The van der Waals surface area contributed by atoms with E-state index in [0.717, 1.165) is 22.2 Å². The molecule has 1 aliphatic rings. The van der Waals surface area contributed by atoms with Gasteiger partial charge in [-0.3, -0.25) is 14.5 Å². The van der Waals surface area contributed by atoms with E-state index in [-0.39, 0.29) is 24.3 Å². The van der Waals surface area contributed by atoms with E-state index in [1.54, 1.807) is 26.0 Å². The first-order chi connectivity index (χ1) is 10.2. The molecular formula is C15H18ClNO4S. The molecule has 5 nitrogen and oxygen atoms in total. The molecule has 0 spiro atoms. The Balaban J connectivity index is 1.94. The quantitative estimate of drug-likeness (QED) is 0.890. The number of hydrogen-bond donors (Lipinski definition) is 1. The first-order valence-corrected chi connectivity index (χ1v) is 8.02. The Kier molecular flexibility index (Phi) is 5.04. The van der Waals surface area contributed by atoms with Crippen molar-refractivity contribution in [3.8, 4) is 5.75 Å². The number of β-amino-alcohol motifs (C(OH)–C–C–N with tert-alkyl or cyclic N) is 1. The fraction of sp³-hybridized carbons (Fsp3) is 0.467. The van der Waals surface area contributed by atoms with Gasteiger partial charge in [0.15, 0.2) is 0 Å². The van der Waals surface area contributed by atoms with Gasteiger partial charge in [-0.05, 0) is 50.2 Å². The summed E-state index contributed by atoms with van der Waals surface area (Å²) in [6.07, 6.45) is -0.973. The monoisotopic (exact) mass is 343 g/mol. The van der Waals surface area contributed by atoms with E-state index in [1.807, 2.05) is 13.0 Å². The molecule has 0 aliphatic carbocycles. The molecule has 1 N–H and O–H groups in total. The Bertz CT molecular complexity index is 605. The highest BCUT2D eigenvalue weighted by molar-refractivity contribution is 8.16. The minimum absolute atomic E-state index is 0.0503. The van der Waals surface area contributed by atoms with E-state index in [2.05, 4.69) is 0 Å². The van der Waals surface area contributed by atoms with Crippen LogP contribution in [-0.2, 0) is 4.79 Å². The fourth-order valence-corrected chi connectivity index (χ4v) is 3.13. The number of aryl methyl sites for hydroxylation is 1. The van der Waals surface area contributed by atoms with Gasteiger partial charge in [-0.2, -0.15) is 0 Å². The summed E-state index contributed by atoms with van der Waals surface area (Å²) >= 11 is 6.97. The van der Waals surface area contributed by atoms with E-state index >= 15 is 0 Å². The summed E-state index contributed by atoms with van der Waals surface area (Å²) in [5.74, 6) is 0.171. The number of benzene rings is 1. The summed E-state index contributed by atoms with van der Waals surface area (Å²) in [5.41, 5.74) is 0.983. The number of rotatable bonds is 5. The maximum absolute atomic E-state index is 12.1. The summed E-state index contributed by atoms with van der Waals surface area (Å²) in [6.45, 7) is 5.14. The number of hydrogen-bond acceptors (Lipinski definition) is 5. The molecule has 2 amide bonds. The molecule has 120 valence electrons. The van der Waals surface area contributed by atoms with Crippen molar-refractivity contribution in [3.63, 3.8) is 0 Å². The number of nitrogens with zero attached hydrogens (tertiary/aromatic N) is 1. The van der Waals surface area contributed by atoms with Gasteiger partial charge in [0.25, 0.3) is 5.24 Å². The third-order valence-electron chi connectivity index (χ3n) is 3.23. The van der Waals surface area contributed by atoms with Crippen molar-refractivity contribution in [1.29, 1.82) is 0 Å². The molecule has 0 radical (unpaired) electrons. The van der Waals surface area contributed by atoms with Crippen LogP contribution >= 0.6 is 23.4 Å². The third-order valence-corrected chi connectivity index (χ3v) is 4.63. The number of halogens is 1. The molecule has 22 heavy (non-hydrogen) atoms. The van der Waals surface area contributed by atoms with Gasteiger partial charge >= 0.3 is 0 Å². The van der Waals surface area contributed by atoms with Gasteiger partial charge in [0.2, 0.25) is 5.91 Å². The molecule has 0 saturated carbocycles. The standard InChI is InChI=1S/C15H18ClNO4S/c1-9-4-5-11(16)12(6-9)21-8-10(18)7-17-13(19)15(2,3)22-14(17)20/h4-6,10,18H,7-8H2,1-3H3/t10-/m1/s1. The van der Waals surface area contributed by atoms with Crippen molar-refractivity contribution in [1.82, 2.24) is 4.90 Å². The molecule has 7 heteroatoms. The zero-order chi connectivity index (χ0) is 16.5. The summed E-state index contributed by atoms with van der Waals surface area (Å²) in [6, 6.07) is 5.33. The first-order valence-electron chi connectivity index (χ1n) is 6.82. The van der Waals surface area contributed by atoms with E-state index in [0.29, 0.717) is 10.8 Å². The Morgan fingerprint density at radius 1 is 1.41 bits per heavy atom. The molecule has 0 bridgehead atoms. The van der Waals surface area contributed by atoms with Gasteiger partial charge in [-0.15, -0.1) is 0 Å². The maximum atomic E-state index is 12.1. The Hall–Kier alpha value is -1.24. The Morgan fingerprint density at radius 2 is 2.09 bits per heavy atom. The number of imide groups is 1. The Labute approximate surface area is 138 Å². The highest BCUT2D eigenvalue weighted by atomic mass is 35.5. The summed E-state index contributed by atoms with van der Waals surface area (Å²) < 4.78 is 4.69. The zero-order valence-corrected chi connectivity index (χ0v) is 14.2. The van der Waals surface area contributed by atoms with Crippen molar-refractivity contribution in [3.05, 3.63) is 28.8 Å². The second kappa shape index (κ2) is 6.48. The van der Waals surface area contributed by atoms with Crippen molar-refractivity contribution >= 4 is 34.5 Å². The molecule has 1 aromatic carbocycles. The third kappa shape index (κ3) is 3.74. The lowest BCUT2D eigenvalue weighted by molar-refractivity contribution is -0.130. The Morgan fingerprint density at radius 3 is 2.68 bits per heavy atom. The summed E-state index contributed by atoms with van der Waals surface area (Å²) in [5, 5.41) is 10.1. The molecule has 0 unspecified atom stereocenters. The van der Waals surface area contributed by atoms with Crippen LogP contribution in [0, 0.1) is 6.92 Å². The van der Waals surface area contributed by atoms with Crippen molar-refractivity contribution in [2.45, 2.75) is 31.6 Å². The average molecular weight is 344 g/mol. The number of carbonyl (C=O) groups is 2. The topological polar surface area (TPSA) is 66.8 Å². The molecule has 1 atom stereocenters. The van der Waals surface area contributed by atoms with Gasteiger partial charge in [0.05, 0.1) is 16.3 Å². The molecule has 0 aromatic heterocycles. The van der Waals surface area contributed by atoms with Gasteiger partial charge in [-0.25, -0.2) is 0 Å². The van der Waals surface area contributed by atoms with E-state index in [9.17, 15) is 14.7 Å². The van der Waals surface area contributed by atoms with Crippen molar-refractivity contribution in [2.24, 2.45) is 0 Å². The molecular weight excluding hydrogens is 326 g/mol. The number of amides is 2. The minimum atomic E-state index is -0.973. The average Bonchev–Trinajstić information content (AvgIpc) is 2.62. The fourth-order valence-electron chi connectivity index (χ4n) is 2.05. The molecule has 1 heterocycles. The molecule has 1 saturated heterocycles. The van der Waals surface area contributed by atoms with Crippen LogP contribution in [0.1, 0.15) is 19.4 Å². The predicted molar refractivity (Wildman–Crippen MR) is 86.5 cm³/mol. The number of aliphatic hydroxyl groups excluding tert-OH is 1. The maximum Gasteiger partial charge on any atom is 0.289 e.